The average Bonchev–Trinajstić information content (AvgIpc) is 3.01. The summed E-state index contributed by atoms with van der Waals surface area (Å²) in [6.07, 6.45) is 1.57. The summed E-state index contributed by atoms with van der Waals surface area (Å²) in [6, 6.07) is 14.0. The molecule has 0 saturated carbocycles. The molecule has 0 fully saturated rings. The maximum Gasteiger partial charge on any atom is 0.196 e. The second-order valence-electron chi connectivity index (χ2n) is 5.20. The minimum atomic E-state index is -0.261. The first-order chi connectivity index (χ1) is 11.5. The molecule has 0 atom stereocenters. The molecule has 0 unspecified atom stereocenters. The maximum atomic E-state index is 12.7. The molecule has 0 radical (unpaired) electrons. The van der Waals surface area contributed by atoms with Crippen LogP contribution in [0.5, 0.6) is 0 Å². The van der Waals surface area contributed by atoms with E-state index in [4.69, 9.17) is 11.6 Å². The molecule has 0 aliphatic heterocycles. The molecule has 0 spiro atoms. The summed E-state index contributed by atoms with van der Waals surface area (Å²) in [5.74, 6) is -0.504. The summed E-state index contributed by atoms with van der Waals surface area (Å²) in [6.45, 7) is 1.40. The summed E-state index contributed by atoms with van der Waals surface area (Å²) >= 11 is 9.22. The zero-order valence-corrected chi connectivity index (χ0v) is 15.0. The normalized spacial score (nSPS) is 10.6. The van der Waals surface area contributed by atoms with Crippen LogP contribution in [0.4, 0.5) is 0 Å². The van der Waals surface area contributed by atoms with E-state index in [2.05, 4.69) is 21.0 Å². The predicted octanol–water partition coefficient (Wildman–Crippen LogP) is 4.72. The fraction of sp³-hybridized carbons (Fsp3) is 0.0556. The highest BCUT2D eigenvalue weighted by Crippen LogP contribution is 2.20. The molecule has 0 aliphatic carbocycles. The average molecular weight is 404 g/mol. The molecule has 0 N–H and O–H groups in total. The lowest BCUT2D eigenvalue weighted by Gasteiger charge is -2.00. The van der Waals surface area contributed by atoms with E-state index in [0.717, 1.165) is 10.2 Å². The predicted molar refractivity (Wildman–Crippen MR) is 96.2 cm³/mol. The van der Waals surface area contributed by atoms with E-state index in [9.17, 15) is 9.59 Å². The lowest BCUT2D eigenvalue weighted by Crippen LogP contribution is -2.06. The van der Waals surface area contributed by atoms with Gasteiger partial charge in [-0.1, -0.05) is 27.5 Å². The molecule has 0 amide bonds. The van der Waals surface area contributed by atoms with Crippen LogP contribution in [0.1, 0.15) is 33.3 Å². The van der Waals surface area contributed by atoms with Crippen LogP contribution in [-0.2, 0) is 0 Å². The third-order valence-electron chi connectivity index (χ3n) is 3.49. The van der Waals surface area contributed by atoms with Gasteiger partial charge in [-0.3, -0.25) is 9.59 Å². The van der Waals surface area contributed by atoms with Crippen molar-refractivity contribution in [1.82, 2.24) is 9.78 Å². The van der Waals surface area contributed by atoms with Crippen LogP contribution in [0.25, 0.3) is 5.69 Å². The molecule has 1 aromatic heterocycles. The lowest BCUT2D eigenvalue weighted by molar-refractivity contribution is 0.0987. The minimum Gasteiger partial charge on any atom is -0.293 e. The molecule has 6 heteroatoms. The summed E-state index contributed by atoms with van der Waals surface area (Å²) in [5.41, 5.74) is 1.64. The van der Waals surface area contributed by atoms with Gasteiger partial charge < -0.3 is 0 Å². The van der Waals surface area contributed by atoms with Crippen molar-refractivity contribution in [2.24, 2.45) is 0 Å². The van der Waals surface area contributed by atoms with Gasteiger partial charge in [0.05, 0.1) is 11.3 Å². The van der Waals surface area contributed by atoms with Crippen molar-refractivity contribution in [1.29, 1.82) is 0 Å². The first-order valence-corrected chi connectivity index (χ1v) is 8.29. The summed E-state index contributed by atoms with van der Waals surface area (Å²) in [5, 5.41) is 4.87. The van der Waals surface area contributed by atoms with Gasteiger partial charge in [0, 0.05) is 28.2 Å². The van der Waals surface area contributed by atoms with Gasteiger partial charge in [-0.15, -0.1) is 0 Å². The first kappa shape index (κ1) is 16.6. The van der Waals surface area contributed by atoms with Crippen molar-refractivity contribution < 1.29 is 9.59 Å². The SMILES string of the molecule is CC(=O)c1nn(-c2ccc(Cl)cc2)cc1C(=O)c1ccc(Br)cc1. The van der Waals surface area contributed by atoms with Gasteiger partial charge in [0.15, 0.2) is 11.6 Å². The largest absolute Gasteiger partial charge is 0.293 e. The Hall–Kier alpha value is -2.24. The zero-order chi connectivity index (χ0) is 17.3. The van der Waals surface area contributed by atoms with Gasteiger partial charge in [-0.25, -0.2) is 4.68 Å². The van der Waals surface area contributed by atoms with Crippen LogP contribution in [0, 0.1) is 0 Å². The molecule has 3 rings (SSSR count). The Labute approximate surface area is 152 Å². The van der Waals surface area contributed by atoms with Crippen molar-refractivity contribution in [3.8, 4) is 5.69 Å². The van der Waals surface area contributed by atoms with Crippen LogP contribution in [0.3, 0.4) is 0 Å². The molecule has 3 aromatic rings. The van der Waals surface area contributed by atoms with E-state index in [1.165, 1.54) is 11.6 Å². The second kappa shape index (κ2) is 6.71. The highest BCUT2D eigenvalue weighted by molar-refractivity contribution is 9.10. The van der Waals surface area contributed by atoms with Crippen LogP contribution in [0.2, 0.25) is 5.02 Å². The highest BCUT2D eigenvalue weighted by atomic mass is 79.9. The van der Waals surface area contributed by atoms with E-state index in [1.807, 2.05) is 0 Å². The number of hydrogen-bond acceptors (Lipinski definition) is 3. The summed E-state index contributed by atoms with van der Waals surface area (Å²) in [7, 11) is 0. The number of aromatic nitrogens is 2. The second-order valence-corrected chi connectivity index (χ2v) is 6.56. The standard InChI is InChI=1S/C18H12BrClN2O2/c1-11(23)17-16(18(24)12-2-4-13(19)5-3-12)10-22(21-17)15-8-6-14(20)7-9-15/h2-10H,1H3. The fourth-order valence-electron chi connectivity index (χ4n) is 2.28. The van der Waals surface area contributed by atoms with Crippen LogP contribution in [0.15, 0.2) is 59.2 Å². The van der Waals surface area contributed by atoms with Gasteiger partial charge >= 0.3 is 0 Å². The molecule has 0 aliphatic rings. The Morgan fingerprint density at radius 3 is 2.25 bits per heavy atom. The number of rotatable bonds is 4. The van der Waals surface area contributed by atoms with Crippen molar-refractivity contribution in [3.05, 3.63) is 81.0 Å². The number of nitrogens with zero attached hydrogens (tertiary/aromatic N) is 2. The third kappa shape index (κ3) is 3.32. The monoisotopic (exact) mass is 402 g/mol. The van der Waals surface area contributed by atoms with Crippen LogP contribution >= 0.6 is 27.5 Å². The Morgan fingerprint density at radius 1 is 1.04 bits per heavy atom. The van der Waals surface area contributed by atoms with Crippen molar-refractivity contribution >= 4 is 39.1 Å². The Kier molecular flexibility index (Phi) is 4.64. The Bertz CT molecular complexity index is 915. The quantitative estimate of drug-likeness (QED) is 0.592. The molecule has 2 aromatic carbocycles. The fourth-order valence-corrected chi connectivity index (χ4v) is 2.67. The van der Waals surface area contributed by atoms with Crippen LogP contribution < -0.4 is 0 Å². The van der Waals surface area contributed by atoms with Gasteiger partial charge in [0.1, 0.15) is 5.69 Å². The van der Waals surface area contributed by atoms with E-state index >= 15 is 0 Å². The van der Waals surface area contributed by atoms with Gasteiger partial charge in [0.2, 0.25) is 0 Å². The summed E-state index contributed by atoms with van der Waals surface area (Å²) in [4.78, 5) is 24.6. The van der Waals surface area contributed by atoms with E-state index in [1.54, 1.807) is 54.7 Å². The highest BCUT2D eigenvalue weighted by Gasteiger charge is 2.21. The summed E-state index contributed by atoms with van der Waals surface area (Å²) < 4.78 is 2.39. The number of halogens is 2. The van der Waals surface area contributed by atoms with Gasteiger partial charge in [0.25, 0.3) is 0 Å². The number of hydrogen-bond donors (Lipinski definition) is 0. The molecule has 0 bridgehead atoms. The smallest absolute Gasteiger partial charge is 0.196 e. The molecular weight excluding hydrogens is 392 g/mol. The van der Waals surface area contributed by atoms with Crippen molar-refractivity contribution in [2.75, 3.05) is 0 Å². The third-order valence-corrected chi connectivity index (χ3v) is 4.27. The van der Waals surface area contributed by atoms with Gasteiger partial charge in [-0.05, 0) is 48.5 Å². The first-order valence-electron chi connectivity index (χ1n) is 7.12. The van der Waals surface area contributed by atoms with Gasteiger partial charge in [-0.2, -0.15) is 5.10 Å². The zero-order valence-electron chi connectivity index (χ0n) is 12.7. The van der Waals surface area contributed by atoms with Crippen molar-refractivity contribution in [3.63, 3.8) is 0 Å². The van der Waals surface area contributed by atoms with E-state index in [-0.39, 0.29) is 22.8 Å². The molecule has 24 heavy (non-hydrogen) atoms. The maximum absolute atomic E-state index is 12.7. The Morgan fingerprint density at radius 2 is 1.67 bits per heavy atom. The number of benzene rings is 2. The number of carbonyl (C=O) groups excluding carboxylic acids is 2. The van der Waals surface area contributed by atoms with E-state index in [0.29, 0.717) is 10.6 Å². The van der Waals surface area contributed by atoms with E-state index < -0.39 is 0 Å². The molecule has 4 nitrogen and oxygen atoms in total. The topological polar surface area (TPSA) is 52.0 Å². The molecular formula is C18H12BrClN2O2. The minimum absolute atomic E-state index is 0.151. The number of ketones is 2. The number of carbonyl (C=O) groups is 2. The van der Waals surface area contributed by atoms with Crippen LogP contribution in [-0.4, -0.2) is 21.3 Å². The lowest BCUT2D eigenvalue weighted by atomic mass is 10.0. The number of Topliss-reactive ketones (excluding diaryl/α,β-unsaturated/α-hetero) is 1. The molecule has 0 saturated heterocycles. The molecule has 1 heterocycles. The molecule has 120 valence electrons. The Balaban J connectivity index is 2.06. The van der Waals surface area contributed by atoms with Crippen molar-refractivity contribution in [2.45, 2.75) is 6.92 Å².